The molecule has 0 aromatic heterocycles. The number of ether oxygens (including phenoxy) is 1. The summed E-state index contributed by atoms with van der Waals surface area (Å²) in [6.07, 6.45) is 1.38. The Hall–Kier alpha value is -1.88. The highest BCUT2D eigenvalue weighted by Crippen LogP contribution is 2.28. The Labute approximate surface area is 130 Å². The summed E-state index contributed by atoms with van der Waals surface area (Å²) in [6, 6.07) is 7.69. The number of nitrogens with zero attached hydrogens (tertiary/aromatic N) is 2. The highest BCUT2D eigenvalue weighted by molar-refractivity contribution is 6.04. The summed E-state index contributed by atoms with van der Waals surface area (Å²) in [6.45, 7) is 5.06. The SMILES string of the molecule is CCOCC1CCN(C(=O)CN2C(=O)Cc3ccccc32)C1. The summed E-state index contributed by atoms with van der Waals surface area (Å²) in [4.78, 5) is 28.1. The maximum absolute atomic E-state index is 12.5. The van der Waals surface area contributed by atoms with Gasteiger partial charge in [0.1, 0.15) is 6.54 Å². The Kier molecular flexibility index (Phi) is 4.43. The number of para-hydroxylation sites is 1. The Balaban J connectivity index is 1.60. The van der Waals surface area contributed by atoms with Crippen LogP contribution >= 0.6 is 0 Å². The summed E-state index contributed by atoms with van der Waals surface area (Å²) < 4.78 is 5.44. The molecule has 2 heterocycles. The summed E-state index contributed by atoms with van der Waals surface area (Å²) >= 11 is 0. The quantitative estimate of drug-likeness (QED) is 0.827. The van der Waals surface area contributed by atoms with E-state index in [-0.39, 0.29) is 18.4 Å². The zero-order valence-electron chi connectivity index (χ0n) is 13.0. The molecule has 0 N–H and O–H groups in total. The van der Waals surface area contributed by atoms with Gasteiger partial charge in [-0.15, -0.1) is 0 Å². The van der Waals surface area contributed by atoms with E-state index in [4.69, 9.17) is 4.74 Å². The molecule has 1 saturated heterocycles. The van der Waals surface area contributed by atoms with Gasteiger partial charge >= 0.3 is 0 Å². The molecule has 3 rings (SSSR count). The lowest BCUT2D eigenvalue weighted by molar-refractivity contribution is -0.130. The molecule has 1 aromatic carbocycles. The third kappa shape index (κ3) is 2.99. The number of fused-ring (bicyclic) bond motifs is 1. The summed E-state index contributed by atoms with van der Waals surface area (Å²) in [7, 11) is 0. The summed E-state index contributed by atoms with van der Waals surface area (Å²) in [5.74, 6) is 0.467. The third-order valence-corrected chi connectivity index (χ3v) is 4.41. The highest BCUT2D eigenvalue weighted by atomic mass is 16.5. The second-order valence-electron chi connectivity index (χ2n) is 5.94. The normalized spacial score (nSPS) is 20.6. The maximum atomic E-state index is 12.5. The van der Waals surface area contributed by atoms with Crippen molar-refractivity contribution in [2.24, 2.45) is 5.92 Å². The fourth-order valence-corrected chi connectivity index (χ4v) is 3.20. The average Bonchev–Trinajstić information content (AvgIpc) is 3.11. The van der Waals surface area contributed by atoms with E-state index in [0.717, 1.165) is 30.8 Å². The minimum absolute atomic E-state index is 0.0135. The molecule has 5 nitrogen and oxygen atoms in total. The lowest BCUT2D eigenvalue weighted by Crippen LogP contribution is -2.40. The number of rotatable bonds is 5. The van der Waals surface area contributed by atoms with Crippen LogP contribution in [-0.2, 0) is 20.7 Å². The van der Waals surface area contributed by atoms with E-state index in [0.29, 0.717) is 25.6 Å². The number of amides is 2. The molecule has 2 aliphatic heterocycles. The third-order valence-electron chi connectivity index (χ3n) is 4.41. The van der Waals surface area contributed by atoms with Gasteiger partial charge in [-0.3, -0.25) is 9.59 Å². The van der Waals surface area contributed by atoms with Crippen LogP contribution in [-0.4, -0.2) is 49.6 Å². The molecule has 0 bridgehead atoms. The van der Waals surface area contributed by atoms with E-state index in [9.17, 15) is 9.59 Å². The molecule has 118 valence electrons. The molecule has 1 fully saturated rings. The van der Waals surface area contributed by atoms with Gasteiger partial charge in [0.15, 0.2) is 0 Å². The molecule has 22 heavy (non-hydrogen) atoms. The Bertz CT molecular complexity index is 573. The van der Waals surface area contributed by atoms with E-state index >= 15 is 0 Å². The molecule has 1 aromatic rings. The number of hydrogen-bond acceptors (Lipinski definition) is 3. The monoisotopic (exact) mass is 302 g/mol. The number of benzene rings is 1. The predicted octanol–water partition coefficient (Wildman–Crippen LogP) is 1.46. The standard InChI is InChI=1S/C17H22N2O3/c1-2-22-12-13-7-8-18(10-13)17(21)11-19-15-6-4-3-5-14(15)9-16(19)20/h3-6,13H,2,7-12H2,1H3. The average molecular weight is 302 g/mol. The van der Waals surface area contributed by atoms with Crippen LogP contribution in [0.3, 0.4) is 0 Å². The van der Waals surface area contributed by atoms with Crippen LogP contribution in [0.25, 0.3) is 0 Å². The first-order valence-electron chi connectivity index (χ1n) is 7.92. The molecule has 0 saturated carbocycles. The van der Waals surface area contributed by atoms with Crippen molar-refractivity contribution in [2.45, 2.75) is 19.8 Å². The molecule has 0 spiro atoms. The topological polar surface area (TPSA) is 49.9 Å². The van der Waals surface area contributed by atoms with Crippen LogP contribution in [0.5, 0.6) is 0 Å². The number of anilines is 1. The van der Waals surface area contributed by atoms with Crippen molar-refractivity contribution in [1.82, 2.24) is 4.90 Å². The fourth-order valence-electron chi connectivity index (χ4n) is 3.20. The summed E-state index contributed by atoms with van der Waals surface area (Å²) in [5, 5.41) is 0. The van der Waals surface area contributed by atoms with E-state index in [2.05, 4.69) is 0 Å². The molecular weight excluding hydrogens is 280 g/mol. The molecular formula is C17H22N2O3. The largest absolute Gasteiger partial charge is 0.381 e. The van der Waals surface area contributed by atoms with Crippen molar-refractivity contribution in [1.29, 1.82) is 0 Å². The first-order chi connectivity index (χ1) is 10.7. The van der Waals surface area contributed by atoms with Gasteiger partial charge in [-0.1, -0.05) is 18.2 Å². The van der Waals surface area contributed by atoms with Crippen molar-refractivity contribution in [3.63, 3.8) is 0 Å². The predicted molar refractivity (Wildman–Crippen MR) is 83.7 cm³/mol. The van der Waals surface area contributed by atoms with E-state index < -0.39 is 0 Å². The first-order valence-corrected chi connectivity index (χ1v) is 7.92. The van der Waals surface area contributed by atoms with Gasteiger partial charge in [0.05, 0.1) is 13.0 Å². The Morgan fingerprint density at radius 2 is 2.18 bits per heavy atom. The van der Waals surface area contributed by atoms with Gasteiger partial charge in [-0.2, -0.15) is 0 Å². The van der Waals surface area contributed by atoms with Crippen molar-refractivity contribution in [2.75, 3.05) is 37.7 Å². The van der Waals surface area contributed by atoms with Crippen molar-refractivity contribution in [3.05, 3.63) is 29.8 Å². The highest BCUT2D eigenvalue weighted by Gasteiger charge is 2.32. The van der Waals surface area contributed by atoms with Crippen molar-refractivity contribution in [3.8, 4) is 0 Å². The first kappa shape index (κ1) is 15.0. The number of carbonyl (C=O) groups is 2. The maximum Gasteiger partial charge on any atom is 0.242 e. The zero-order chi connectivity index (χ0) is 15.5. The lowest BCUT2D eigenvalue weighted by atomic mass is 10.1. The van der Waals surface area contributed by atoms with Gasteiger partial charge < -0.3 is 14.5 Å². The minimum Gasteiger partial charge on any atom is -0.381 e. The van der Waals surface area contributed by atoms with Crippen LogP contribution in [0.4, 0.5) is 5.69 Å². The van der Waals surface area contributed by atoms with Crippen LogP contribution in [0.2, 0.25) is 0 Å². The van der Waals surface area contributed by atoms with Crippen LogP contribution in [0, 0.1) is 5.92 Å². The lowest BCUT2D eigenvalue weighted by Gasteiger charge is -2.22. The minimum atomic E-state index is 0.0135. The smallest absolute Gasteiger partial charge is 0.242 e. The zero-order valence-corrected chi connectivity index (χ0v) is 13.0. The van der Waals surface area contributed by atoms with E-state index in [1.165, 1.54) is 0 Å². The molecule has 1 atom stereocenters. The number of hydrogen-bond donors (Lipinski definition) is 0. The Morgan fingerprint density at radius 1 is 1.36 bits per heavy atom. The van der Waals surface area contributed by atoms with Crippen LogP contribution in [0.15, 0.2) is 24.3 Å². The van der Waals surface area contributed by atoms with Gasteiger partial charge in [0.2, 0.25) is 11.8 Å². The van der Waals surface area contributed by atoms with Crippen molar-refractivity contribution >= 4 is 17.5 Å². The van der Waals surface area contributed by atoms with Gasteiger partial charge in [0.25, 0.3) is 0 Å². The number of likely N-dealkylation sites (tertiary alicyclic amines) is 1. The van der Waals surface area contributed by atoms with Gasteiger partial charge in [-0.25, -0.2) is 0 Å². The fraction of sp³-hybridized carbons (Fsp3) is 0.529. The van der Waals surface area contributed by atoms with Crippen LogP contribution < -0.4 is 4.90 Å². The molecule has 2 amide bonds. The van der Waals surface area contributed by atoms with Gasteiger partial charge in [0, 0.05) is 31.3 Å². The molecule has 0 aliphatic carbocycles. The second kappa shape index (κ2) is 6.48. The Morgan fingerprint density at radius 3 is 3.00 bits per heavy atom. The second-order valence-corrected chi connectivity index (χ2v) is 5.94. The summed E-state index contributed by atoms with van der Waals surface area (Å²) in [5.41, 5.74) is 1.89. The molecule has 0 radical (unpaired) electrons. The van der Waals surface area contributed by atoms with Crippen molar-refractivity contribution < 1.29 is 14.3 Å². The van der Waals surface area contributed by atoms with E-state index in [1.807, 2.05) is 36.1 Å². The van der Waals surface area contributed by atoms with Crippen LogP contribution in [0.1, 0.15) is 18.9 Å². The molecule has 2 aliphatic rings. The molecule has 1 unspecified atom stereocenters. The molecule has 5 heteroatoms. The number of carbonyl (C=O) groups excluding carboxylic acids is 2. The van der Waals surface area contributed by atoms with E-state index in [1.54, 1.807) is 4.90 Å². The van der Waals surface area contributed by atoms with Gasteiger partial charge in [-0.05, 0) is 25.0 Å².